The van der Waals surface area contributed by atoms with Crippen LogP contribution in [0, 0.1) is 0 Å². The van der Waals surface area contributed by atoms with Gasteiger partial charge in [-0.05, 0) is 48.7 Å². The van der Waals surface area contributed by atoms with Crippen LogP contribution < -0.4 is 10.1 Å². The normalized spacial score (nSPS) is 14.7. The predicted octanol–water partition coefficient (Wildman–Crippen LogP) is 4.26. The first kappa shape index (κ1) is 22.2. The highest BCUT2D eigenvalue weighted by Crippen LogP contribution is 2.27. The van der Waals surface area contributed by atoms with Gasteiger partial charge in [0.2, 0.25) is 15.9 Å². The molecule has 1 N–H and O–H groups in total. The maximum atomic E-state index is 12.7. The minimum absolute atomic E-state index is 0.284. The number of nitrogens with one attached hydrogen (secondary N) is 1. The summed E-state index contributed by atoms with van der Waals surface area (Å²) in [6.45, 7) is 1.15. The van der Waals surface area contributed by atoms with E-state index in [-0.39, 0.29) is 10.8 Å². The molecular weight excluding hydrogens is 446 g/mol. The van der Waals surface area contributed by atoms with Crippen LogP contribution in [0.2, 0.25) is 0 Å². The molecular formula is C23H23N3O4S2. The number of ether oxygens (including phenoxy) is 1. The summed E-state index contributed by atoms with van der Waals surface area (Å²) in [5.74, 6) is 0.470. The van der Waals surface area contributed by atoms with Gasteiger partial charge in [-0.1, -0.05) is 24.3 Å². The highest BCUT2D eigenvalue weighted by molar-refractivity contribution is 7.89. The summed E-state index contributed by atoms with van der Waals surface area (Å²) in [6.07, 6.45) is 4.96. The van der Waals surface area contributed by atoms with E-state index in [1.807, 2.05) is 29.6 Å². The highest BCUT2D eigenvalue weighted by atomic mass is 32.2. The van der Waals surface area contributed by atoms with Gasteiger partial charge in [0.1, 0.15) is 5.75 Å². The molecule has 0 spiro atoms. The van der Waals surface area contributed by atoms with Gasteiger partial charge in [0.05, 0.1) is 17.7 Å². The summed E-state index contributed by atoms with van der Waals surface area (Å²) in [5.41, 5.74) is 2.34. The smallest absolute Gasteiger partial charge is 0.250 e. The third kappa shape index (κ3) is 5.07. The molecule has 1 aliphatic rings. The first-order valence-electron chi connectivity index (χ1n) is 10.1. The van der Waals surface area contributed by atoms with Gasteiger partial charge >= 0.3 is 0 Å². The Morgan fingerprint density at radius 2 is 1.78 bits per heavy atom. The number of anilines is 1. The van der Waals surface area contributed by atoms with E-state index in [0.29, 0.717) is 23.9 Å². The van der Waals surface area contributed by atoms with E-state index in [0.717, 1.165) is 29.7 Å². The SMILES string of the molecule is COc1ccc(/C=C/C(=O)Nc2nc(-c3ccc(S(=O)(=O)N4CCCC4)cc3)cs2)cc1. The van der Waals surface area contributed by atoms with Gasteiger partial charge in [-0.3, -0.25) is 10.1 Å². The van der Waals surface area contributed by atoms with E-state index in [9.17, 15) is 13.2 Å². The van der Waals surface area contributed by atoms with Crippen LogP contribution in [0.1, 0.15) is 18.4 Å². The number of benzene rings is 2. The molecule has 32 heavy (non-hydrogen) atoms. The Morgan fingerprint density at radius 3 is 2.44 bits per heavy atom. The Morgan fingerprint density at radius 1 is 1.09 bits per heavy atom. The first-order valence-corrected chi connectivity index (χ1v) is 12.5. The zero-order chi connectivity index (χ0) is 22.6. The summed E-state index contributed by atoms with van der Waals surface area (Å²) < 4.78 is 32.0. The van der Waals surface area contributed by atoms with Crippen molar-refractivity contribution in [3.63, 3.8) is 0 Å². The number of thiazole rings is 1. The van der Waals surface area contributed by atoms with E-state index in [1.165, 1.54) is 21.7 Å². The van der Waals surface area contributed by atoms with Crippen molar-refractivity contribution in [3.05, 3.63) is 65.6 Å². The molecule has 0 aliphatic carbocycles. The van der Waals surface area contributed by atoms with Gasteiger partial charge in [0.25, 0.3) is 0 Å². The largest absolute Gasteiger partial charge is 0.497 e. The number of sulfonamides is 1. The van der Waals surface area contributed by atoms with Gasteiger partial charge in [-0.25, -0.2) is 13.4 Å². The molecule has 1 aliphatic heterocycles. The Hall–Kier alpha value is -3.01. The quantitative estimate of drug-likeness (QED) is 0.523. The van der Waals surface area contributed by atoms with Crippen molar-refractivity contribution < 1.29 is 17.9 Å². The van der Waals surface area contributed by atoms with Crippen LogP contribution in [0.15, 0.2) is 64.9 Å². The van der Waals surface area contributed by atoms with Crippen molar-refractivity contribution >= 4 is 38.5 Å². The van der Waals surface area contributed by atoms with Crippen LogP contribution in [-0.4, -0.2) is 43.8 Å². The topological polar surface area (TPSA) is 88.6 Å². The zero-order valence-corrected chi connectivity index (χ0v) is 19.2. The third-order valence-corrected chi connectivity index (χ3v) is 7.80. The van der Waals surface area contributed by atoms with Crippen LogP contribution in [0.5, 0.6) is 5.75 Å². The number of hydrogen-bond donors (Lipinski definition) is 1. The lowest BCUT2D eigenvalue weighted by atomic mass is 10.2. The monoisotopic (exact) mass is 469 g/mol. The fraction of sp³-hybridized carbons (Fsp3) is 0.217. The van der Waals surface area contributed by atoms with E-state index in [2.05, 4.69) is 10.3 Å². The molecule has 9 heteroatoms. The van der Waals surface area contributed by atoms with E-state index >= 15 is 0 Å². The molecule has 0 atom stereocenters. The molecule has 1 amide bonds. The second-order valence-electron chi connectivity index (χ2n) is 7.27. The number of hydrogen-bond acceptors (Lipinski definition) is 6. The van der Waals surface area contributed by atoms with Crippen LogP contribution in [0.25, 0.3) is 17.3 Å². The Labute approximate surface area is 191 Å². The summed E-state index contributed by atoms with van der Waals surface area (Å²) in [5, 5.41) is 5.05. The minimum Gasteiger partial charge on any atom is -0.497 e. The summed E-state index contributed by atoms with van der Waals surface area (Å²) in [6, 6.07) is 14.1. The molecule has 0 saturated carbocycles. The number of amides is 1. The third-order valence-electron chi connectivity index (χ3n) is 5.13. The second kappa shape index (κ2) is 9.64. The summed E-state index contributed by atoms with van der Waals surface area (Å²) in [7, 11) is -1.84. The molecule has 1 saturated heterocycles. The van der Waals surface area contributed by atoms with Crippen molar-refractivity contribution in [2.75, 3.05) is 25.5 Å². The number of carbonyl (C=O) groups is 1. The molecule has 0 radical (unpaired) electrons. The Kier molecular flexibility index (Phi) is 6.69. The number of nitrogens with zero attached hydrogens (tertiary/aromatic N) is 2. The van der Waals surface area contributed by atoms with Crippen molar-refractivity contribution in [2.45, 2.75) is 17.7 Å². The zero-order valence-electron chi connectivity index (χ0n) is 17.5. The lowest BCUT2D eigenvalue weighted by molar-refractivity contribution is -0.111. The molecule has 2 aromatic carbocycles. The van der Waals surface area contributed by atoms with Gasteiger partial charge in [-0.2, -0.15) is 4.31 Å². The average molecular weight is 470 g/mol. The van der Waals surface area contributed by atoms with E-state index < -0.39 is 10.0 Å². The van der Waals surface area contributed by atoms with Crippen LogP contribution in [-0.2, 0) is 14.8 Å². The molecule has 1 aromatic heterocycles. The van der Waals surface area contributed by atoms with Crippen molar-refractivity contribution in [3.8, 4) is 17.0 Å². The first-order chi connectivity index (χ1) is 15.5. The van der Waals surface area contributed by atoms with E-state index in [1.54, 1.807) is 37.5 Å². The fourth-order valence-corrected chi connectivity index (χ4v) is 5.61. The maximum Gasteiger partial charge on any atom is 0.250 e. The molecule has 7 nitrogen and oxygen atoms in total. The molecule has 3 aromatic rings. The molecule has 0 unspecified atom stereocenters. The fourth-order valence-electron chi connectivity index (χ4n) is 3.37. The number of aromatic nitrogens is 1. The standard InChI is InChI=1S/C23H23N3O4S2/c1-30-19-9-4-17(5-10-19)6-13-22(27)25-23-24-21(16-31-23)18-7-11-20(12-8-18)32(28,29)26-14-2-3-15-26/h4-13,16H,2-3,14-15H2,1H3,(H,24,25,27)/b13-6+. The number of methoxy groups -OCH3 is 1. The highest BCUT2D eigenvalue weighted by Gasteiger charge is 2.27. The average Bonchev–Trinajstić information content (AvgIpc) is 3.51. The second-order valence-corrected chi connectivity index (χ2v) is 10.1. The van der Waals surface area contributed by atoms with Crippen LogP contribution >= 0.6 is 11.3 Å². The van der Waals surface area contributed by atoms with Crippen LogP contribution in [0.3, 0.4) is 0 Å². The van der Waals surface area contributed by atoms with Crippen molar-refractivity contribution in [2.24, 2.45) is 0 Å². The van der Waals surface area contributed by atoms with E-state index in [4.69, 9.17) is 4.74 Å². The van der Waals surface area contributed by atoms with Gasteiger partial charge in [0.15, 0.2) is 5.13 Å². The molecule has 2 heterocycles. The summed E-state index contributed by atoms with van der Waals surface area (Å²) in [4.78, 5) is 16.9. The Bertz CT molecular complexity index is 1210. The molecule has 4 rings (SSSR count). The maximum absolute atomic E-state index is 12.7. The number of rotatable bonds is 7. The van der Waals surface area contributed by atoms with Crippen molar-refractivity contribution in [1.82, 2.24) is 9.29 Å². The van der Waals surface area contributed by atoms with Gasteiger partial charge in [0, 0.05) is 30.1 Å². The molecule has 0 bridgehead atoms. The minimum atomic E-state index is -3.44. The number of carbonyl (C=O) groups excluding carboxylic acids is 1. The Balaban J connectivity index is 1.39. The lowest BCUT2D eigenvalue weighted by Crippen LogP contribution is -2.27. The molecule has 166 valence electrons. The predicted molar refractivity (Wildman–Crippen MR) is 126 cm³/mol. The lowest BCUT2D eigenvalue weighted by Gasteiger charge is -2.15. The summed E-state index contributed by atoms with van der Waals surface area (Å²) >= 11 is 1.31. The van der Waals surface area contributed by atoms with Crippen molar-refractivity contribution in [1.29, 1.82) is 0 Å². The molecule has 1 fully saturated rings. The van der Waals surface area contributed by atoms with Crippen LogP contribution in [0.4, 0.5) is 5.13 Å². The van der Waals surface area contributed by atoms with Gasteiger partial charge in [-0.15, -0.1) is 11.3 Å². The van der Waals surface area contributed by atoms with Gasteiger partial charge < -0.3 is 4.74 Å².